The summed E-state index contributed by atoms with van der Waals surface area (Å²) in [7, 11) is 0. The Hall–Kier alpha value is -1.43. The maximum atomic E-state index is 10.4. The Kier molecular flexibility index (Phi) is 10.3. The first-order valence-corrected chi connectivity index (χ1v) is 7.39. The van der Waals surface area contributed by atoms with E-state index in [1.165, 1.54) is 0 Å². The summed E-state index contributed by atoms with van der Waals surface area (Å²) >= 11 is 0. The first-order valence-electron chi connectivity index (χ1n) is 7.39. The predicted octanol–water partition coefficient (Wildman–Crippen LogP) is 2.01. The first-order chi connectivity index (χ1) is 10.3. The van der Waals surface area contributed by atoms with Gasteiger partial charge >= 0.3 is 0 Å². The Morgan fingerprint density at radius 2 is 1.14 bits per heavy atom. The molecule has 1 fully saturated rings. The van der Waals surface area contributed by atoms with Gasteiger partial charge in [-0.2, -0.15) is 0 Å². The van der Waals surface area contributed by atoms with E-state index in [4.69, 9.17) is 19.9 Å². The summed E-state index contributed by atoms with van der Waals surface area (Å²) in [6, 6.07) is 8.76. The number of hydrogen-bond acceptors (Lipinski definition) is 4. The summed E-state index contributed by atoms with van der Waals surface area (Å²) in [6.07, 6.45) is 3.04. The van der Waals surface area contributed by atoms with Gasteiger partial charge in [-0.15, -0.1) is 0 Å². The number of benzene rings is 1. The van der Waals surface area contributed by atoms with Gasteiger partial charge in [-0.3, -0.25) is 4.79 Å². The summed E-state index contributed by atoms with van der Waals surface area (Å²) in [5.41, 5.74) is 5.53. The van der Waals surface area contributed by atoms with Crippen LogP contribution in [0.2, 0.25) is 0 Å². The van der Waals surface area contributed by atoms with Crippen LogP contribution in [0.15, 0.2) is 30.3 Å². The molecule has 0 saturated carbocycles. The van der Waals surface area contributed by atoms with Gasteiger partial charge < -0.3 is 19.9 Å². The zero-order valence-electron chi connectivity index (χ0n) is 12.5. The quantitative estimate of drug-likeness (QED) is 0.860. The average molecular weight is 295 g/mol. The molecular formula is C16H25NO4. The molecule has 5 nitrogen and oxygen atoms in total. The normalized spacial score (nSPS) is 17.5. The minimum Gasteiger partial charge on any atom is -0.381 e. The second-order valence-electron chi connectivity index (χ2n) is 4.63. The summed E-state index contributed by atoms with van der Waals surface area (Å²) in [6.45, 7) is 4.92. The van der Waals surface area contributed by atoms with E-state index >= 15 is 0 Å². The molecule has 0 spiro atoms. The van der Waals surface area contributed by atoms with E-state index in [-0.39, 0.29) is 5.91 Å². The fraction of sp³-hybridized carbons (Fsp3) is 0.562. The third kappa shape index (κ3) is 10.0. The van der Waals surface area contributed by atoms with Gasteiger partial charge in [0.1, 0.15) is 0 Å². The van der Waals surface area contributed by atoms with Crippen molar-refractivity contribution in [2.24, 2.45) is 5.73 Å². The predicted molar refractivity (Wildman–Crippen MR) is 81.3 cm³/mol. The molecule has 5 heteroatoms. The van der Waals surface area contributed by atoms with Crippen LogP contribution in [0.5, 0.6) is 0 Å². The Morgan fingerprint density at radius 1 is 0.762 bits per heavy atom. The number of carbonyl (C=O) groups excluding carboxylic acids is 1. The second kappa shape index (κ2) is 12.3. The van der Waals surface area contributed by atoms with E-state index in [0.717, 1.165) is 58.9 Å². The number of ether oxygens (including phenoxy) is 3. The monoisotopic (exact) mass is 295 g/mol. The summed E-state index contributed by atoms with van der Waals surface area (Å²) < 4.78 is 16.0. The third-order valence-electron chi connectivity index (χ3n) is 2.79. The zero-order valence-corrected chi connectivity index (χ0v) is 12.5. The van der Waals surface area contributed by atoms with Crippen molar-refractivity contribution in [2.75, 3.05) is 39.6 Å². The summed E-state index contributed by atoms with van der Waals surface area (Å²) in [5, 5.41) is 0. The SMILES string of the molecule is C1COCCCOCCCOC1.NC(=O)c1ccccc1. The number of primary amides is 1. The zero-order chi connectivity index (χ0) is 15.2. The number of carbonyl (C=O) groups is 1. The molecule has 1 aliphatic heterocycles. The molecule has 0 bridgehead atoms. The van der Waals surface area contributed by atoms with Crippen molar-refractivity contribution in [1.82, 2.24) is 0 Å². The van der Waals surface area contributed by atoms with Crippen LogP contribution < -0.4 is 5.73 Å². The molecule has 0 atom stereocenters. The van der Waals surface area contributed by atoms with Crippen LogP contribution in [0.25, 0.3) is 0 Å². The molecule has 0 unspecified atom stereocenters. The van der Waals surface area contributed by atoms with Crippen molar-refractivity contribution in [3.8, 4) is 0 Å². The molecule has 1 saturated heterocycles. The minimum atomic E-state index is -0.379. The molecule has 0 aliphatic carbocycles. The highest BCUT2D eigenvalue weighted by Gasteiger charge is 1.95. The van der Waals surface area contributed by atoms with Crippen LogP contribution in [0, 0.1) is 0 Å². The van der Waals surface area contributed by atoms with Crippen LogP contribution in [-0.2, 0) is 14.2 Å². The Morgan fingerprint density at radius 3 is 1.43 bits per heavy atom. The van der Waals surface area contributed by atoms with E-state index in [1.54, 1.807) is 24.3 Å². The van der Waals surface area contributed by atoms with Crippen molar-refractivity contribution in [1.29, 1.82) is 0 Å². The number of hydrogen-bond donors (Lipinski definition) is 1. The smallest absolute Gasteiger partial charge is 0.248 e. The van der Waals surface area contributed by atoms with E-state index in [0.29, 0.717) is 5.56 Å². The van der Waals surface area contributed by atoms with Crippen molar-refractivity contribution in [3.63, 3.8) is 0 Å². The van der Waals surface area contributed by atoms with Crippen LogP contribution >= 0.6 is 0 Å². The van der Waals surface area contributed by atoms with Gasteiger partial charge in [-0.1, -0.05) is 18.2 Å². The highest BCUT2D eigenvalue weighted by molar-refractivity contribution is 5.92. The molecule has 1 aliphatic rings. The number of nitrogens with two attached hydrogens (primary N) is 1. The van der Waals surface area contributed by atoms with Crippen molar-refractivity contribution in [3.05, 3.63) is 35.9 Å². The maximum Gasteiger partial charge on any atom is 0.248 e. The van der Waals surface area contributed by atoms with Gasteiger partial charge in [0.05, 0.1) is 0 Å². The highest BCUT2D eigenvalue weighted by atomic mass is 16.5. The molecule has 1 heterocycles. The fourth-order valence-electron chi connectivity index (χ4n) is 1.70. The second-order valence-corrected chi connectivity index (χ2v) is 4.63. The van der Waals surface area contributed by atoms with Gasteiger partial charge in [-0.25, -0.2) is 0 Å². The molecule has 0 aromatic heterocycles. The average Bonchev–Trinajstić information content (AvgIpc) is 2.49. The lowest BCUT2D eigenvalue weighted by Gasteiger charge is -2.08. The molecule has 0 radical (unpaired) electrons. The lowest BCUT2D eigenvalue weighted by Crippen LogP contribution is -2.09. The largest absolute Gasteiger partial charge is 0.381 e. The molecule has 1 aromatic rings. The topological polar surface area (TPSA) is 70.8 Å². The van der Waals surface area contributed by atoms with Gasteiger partial charge in [0, 0.05) is 45.2 Å². The molecule has 2 rings (SSSR count). The lowest BCUT2D eigenvalue weighted by atomic mass is 10.2. The highest BCUT2D eigenvalue weighted by Crippen LogP contribution is 1.95. The Balaban J connectivity index is 0.000000219. The first kappa shape index (κ1) is 17.6. The van der Waals surface area contributed by atoms with Gasteiger partial charge in [-0.05, 0) is 31.4 Å². The van der Waals surface area contributed by atoms with Crippen LogP contribution in [0.1, 0.15) is 29.6 Å². The summed E-state index contributed by atoms with van der Waals surface area (Å²) in [4.78, 5) is 10.4. The summed E-state index contributed by atoms with van der Waals surface area (Å²) in [5.74, 6) is -0.379. The standard InChI is InChI=1S/C9H18O3.C7H7NO/c1-4-10-6-2-8-12-9-3-7-11-5-1;8-7(9)6-4-2-1-3-5-6/h1-9H2;1-5H,(H2,8,9). The Bertz CT molecular complexity index is 327. The molecule has 1 amide bonds. The number of amides is 1. The van der Waals surface area contributed by atoms with E-state index < -0.39 is 0 Å². The van der Waals surface area contributed by atoms with Crippen molar-refractivity contribution < 1.29 is 19.0 Å². The van der Waals surface area contributed by atoms with Crippen LogP contribution in [0.4, 0.5) is 0 Å². The maximum absolute atomic E-state index is 10.4. The van der Waals surface area contributed by atoms with E-state index in [9.17, 15) is 4.79 Å². The Labute approximate surface area is 126 Å². The molecular weight excluding hydrogens is 270 g/mol. The van der Waals surface area contributed by atoms with Crippen molar-refractivity contribution >= 4 is 5.91 Å². The fourth-order valence-corrected chi connectivity index (χ4v) is 1.70. The van der Waals surface area contributed by atoms with Crippen molar-refractivity contribution in [2.45, 2.75) is 19.3 Å². The van der Waals surface area contributed by atoms with Gasteiger partial charge in [0.25, 0.3) is 0 Å². The lowest BCUT2D eigenvalue weighted by molar-refractivity contribution is 0.0369. The van der Waals surface area contributed by atoms with Crippen LogP contribution in [-0.4, -0.2) is 45.5 Å². The molecule has 1 aromatic carbocycles. The molecule has 21 heavy (non-hydrogen) atoms. The molecule has 2 N–H and O–H groups in total. The van der Waals surface area contributed by atoms with Gasteiger partial charge in [0.2, 0.25) is 5.91 Å². The number of rotatable bonds is 1. The van der Waals surface area contributed by atoms with Crippen LogP contribution in [0.3, 0.4) is 0 Å². The van der Waals surface area contributed by atoms with E-state index in [1.807, 2.05) is 6.07 Å². The minimum absolute atomic E-state index is 0.379. The molecule has 118 valence electrons. The van der Waals surface area contributed by atoms with Gasteiger partial charge in [0.15, 0.2) is 0 Å². The third-order valence-corrected chi connectivity index (χ3v) is 2.79. The van der Waals surface area contributed by atoms with E-state index in [2.05, 4.69) is 0 Å².